The molecule has 0 spiro atoms. The van der Waals surface area contributed by atoms with Crippen molar-refractivity contribution in [2.24, 2.45) is 0 Å². The van der Waals surface area contributed by atoms with Crippen LogP contribution in [0.15, 0.2) is 33.8 Å². The van der Waals surface area contributed by atoms with Gasteiger partial charge in [-0.1, -0.05) is 34.8 Å². The number of nitrogens with one attached hydrogen (secondary N) is 1. The van der Waals surface area contributed by atoms with Gasteiger partial charge in [0.05, 0.1) is 15.7 Å². The Labute approximate surface area is 130 Å². The number of hydrogen-bond donors (Lipinski definition) is 2. The number of halogens is 3. The number of anilines is 1. The van der Waals surface area contributed by atoms with Crippen LogP contribution in [0.3, 0.4) is 0 Å². The van der Waals surface area contributed by atoms with E-state index in [1.807, 2.05) is 0 Å². The number of aliphatic hydroxyl groups is 1. The topological polar surface area (TPSA) is 79.5 Å². The molecule has 0 unspecified atom stereocenters. The van der Waals surface area contributed by atoms with Crippen molar-refractivity contribution in [3.05, 3.63) is 45.1 Å². The van der Waals surface area contributed by atoms with E-state index >= 15 is 0 Å². The molecule has 0 bridgehead atoms. The van der Waals surface area contributed by atoms with E-state index in [1.54, 1.807) is 0 Å². The SMILES string of the molecule is O=S(=O)(Nc1c(Cl)cc(Cl)cc1Cl)c1ccc(CO)o1. The molecule has 0 saturated carbocycles. The predicted octanol–water partition coefficient (Wildman–Crippen LogP) is 3.53. The van der Waals surface area contributed by atoms with Gasteiger partial charge in [0, 0.05) is 5.02 Å². The number of rotatable bonds is 4. The van der Waals surface area contributed by atoms with Crippen LogP contribution in [-0.4, -0.2) is 13.5 Å². The van der Waals surface area contributed by atoms with Crippen molar-refractivity contribution in [3.63, 3.8) is 0 Å². The van der Waals surface area contributed by atoms with E-state index < -0.39 is 16.6 Å². The second-order valence-corrected chi connectivity index (χ2v) is 6.59. The zero-order chi connectivity index (χ0) is 14.9. The van der Waals surface area contributed by atoms with Crippen molar-refractivity contribution in [1.29, 1.82) is 0 Å². The Balaban J connectivity index is 2.38. The molecular weight excluding hydrogens is 349 g/mol. The normalized spacial score (nSPS) is 11.6. The quantitative estimate of drug-likeness (QED) is 0.878. The summed E-state index contributed by atoms with van der Waals surface area (Å²) < 4.78 is 31.3. The molecule has 2 N–H and O–H groups in total. The van der Waals surface area contributed by atoms with Crippen LogP contribution in [0.25, 0.3) is 0 Å². The molecule has 0 aliphatic heterocycles. The molecule has 0 fully saturated rings. The Morgan fingerprint density at radius 1 is 1.15 bits per heavy atom. The molecule has 2 aromatic rings. The highest BCUT2D eigenvalue weighted by molar-refractivity contribution is 7.92. The smallest absolute Gasteiger partial charge is 0.295 e. The first-order valence-electron chi connectivity index (χ1n) is 5.20. The zero-order valence-corrected chi connectivity index (χ0v) is 12.8. The highest BCUT2D eigenvalue weighted by Crippen LogP contribution is 2.35. The summed E-state index contributed by atoms with van der Waals surface area (Å²) in [5, 5.41) is 8.89. The molecule has 1 aromatic carbocycles. The standard InChI is InChI=1S/C11H8Cl3NO4S/c12-6-3-8(13)11(9(14)4-6)15-20(17,18)10-2-1-7(5-16)19-10/h1-4,15-16H,5H2. The van der Waals surface area contributed by atoms with Crippen LogP contribution in [-0.2, 0) is 16.6 Å². The number of sulfonamides is 1. The summed E-state index contributed by atoms with van der Waals surface area (Å²) in [4.78, 5) is 0. The molecule has 2 rings (SSSR count). The highest BCUT2D eigenvalue weighted by atomic mass is 35.5. The lowest BCUT2D eigenvalue weighted by atomic mass is 10.3. The van der Waals surface area contributed by atoms with Gasteiger partial charge >= 0.3 is 0 Å². The second kappa shape index (κ2) is 5.83. The monoisotopic (exact) mass is 355 g/mol. The van der Waals surface area contributed by atoms with Gasteiger partial charge in [0.2, 0.25) is 5.09 Å². The maximum Gasteiger partial charge on any atom is 0.295 e. The van der Waals surface area contributed by atoms with Gasteiger partial charge < -0.3 is 9.52 Å². The van der Waals surface area contributed by atoms with E-state index in [0.29, 0.717) is 0 Å². The number of benzene rings is 1. The third-order valence-electron chi connectivity index (χ3n) is 2.30. The summed E-state index contributed by atoms with van der Waals surface area (Å²) in [6.07, 6.45) is 0. The summed E-state index contributed by atoms with van der Waals surface area (Å²) in [5.41, 5.74) is -0.000295. The van der Waals surface area contributed by atoms with Gasteiger partial charge in [0.15, 0.2) is 0 Å². The summed E-state index contributed by atoms with van der Waals surface area (Å²) >= 11 is 17.5. The minimum absolute atomic E-state index is 0.000295. The van der Waals surface area contributed by atoms with Crippen LogP contribution in [0.2, 0.25) is 15.1 Å². The van der Waals surface area contributed by atoms with Crippen molar-refractivity contribution in [3.8, 4) is 0 Å². The number of furan rings is 1. The summed E-state index contributed by atoms with van der Waals surface area (Å²) in [5.74, 6) is 0.124. The maximum atomic E-state index is 12.1. The lowest BCUT2D eigenvalue weighted by molar-refractivity contribution is 0.236. The van der Waals surface area contributed by atoms with Crippen molar-refractivity contribution < 1.29 is 17.9 Å². The van der Waals surface area contributed by atoms with Gasteiger partial charge in [-0.3, -0.25) is 4.72 Å². The number of aliphatic hydroxyl groups excluding tert-OH is 1. The highest BCUT2D eigenvalue weighted by Gasteiger charge is 2.21. The molecule has 1 heterocycles. The van der Waals surface area contributed by atoms with Crippen molar-refractivity contribution in [1.82, 2.24) is 0 Å². The zero-order valence-electron chi connectivity index (χ0n) is 9.73. The fourth-order valence-electron chi connectivity index (χ4n) is 1.41. The molecule has 1 aromatic heterocycles. The first kappa shape index (κ1) is 15.5. The van der Waals surface area contributed by atoms with Gasteiger partial charge in [0.25, 0.3) is 10.0 Å². The van der Waals surface area contributed by atoms with Crippen LogP contribution >= 0.6 is 34.8 Å². The minimum atomic E-state index is -4.00. The van der Waals surface area contributed by atoms with Crippen molar-refractivity contribution >= 4 is 50.5 Å². The van der Waals surface area contributed by atoms with E-state index in [0.717, 1.165) is 0 Å². The second-order valence-electron chi connectivity index (χ2n) is 3.73. The fraction of sp³-hybridized carbons (Fsp3) is 0.0909. The van der Waals surface area contributed by atoms with E-state index in [2.05, 4.69) is 4.72 Å². The average molecular weight is 357 g/mol. The largest absolute Gasteiger partial charge is 0.445 e. The van der Waals surface area contributed by atoms with Crippen LogP contribution < -0.4 is 4.72 Å². The Kier molecular flexibility index (Phi) is 4.51. The van der Waals surface area contributed by atoms with Gasteiger partial charge in [-0.05, 0) is 24.3 Å². The summed E-state index contributed by atoms with van der Waals surface area (Å²) in [7, 11) is -4.00. The van der Waals surface area contributed by atoms with Gasteiger partial charge in [-0.15, -0.1) is 0 Å². The Morgan fingerprint density at radius 2 is 1.75 bits per heavy atom. The Bertz CT molecular complexity index is 719. The maximum absolute atomic E-state index is 12.1. The van der Waals surface area contributed by atoms with Gasteiger partial charge in [-0.2, -0.15) is 8.42 Å². The predicted molar refractivity (Wildman–Crippen MR) is 76.9 cm³/mol. The first-order chi connectivity index (χ1) is 9.33. The van der Waals surface area contributed by atoms with E-state index in [1.165, 1.54) is 24.3 Å². The van der Waals surface area contributed by atoms with Crippen LogP contribution in [0.1, 0.15) is 5.76 Å². The van der Waals surface area contributed by atoms with E-state index in [4.69, 9.17) is 44.3 Å². The Hall–Kier alpha value is -0.920. The van der Waals surface area contributed by atoms with Crippen LogP contribution in [0, 0.1) is 0 Å². The molecular formula is C11H8Cl3NO4S. The summed E-state index contributed by atoms with van der Waals surface area (Å²) in [6.45, 7) is -0.405. The summed E-state index contributed by atoms with van der Waals surface area (Å²) in [6, 6.07) is 5.27. The molecule has 108 valence electrons. The molecule has 0 atom stereocenters. The molecule has 0 aliphatic rings. The van der Waals surface area contributed by atoms with Crippen molar-refractivity contribution in [2.45, 2.75) is 11.7 Å². The van der Waals surface area contributed by atoms with Crippen molar-refractivity contribution in [2.75, 3.05) is 4.72 Å². The lowest BCUT2D eigenvalue weighted by Gasteiger charge is -2.10. The molecule has 20 heavy (non-hydrogen) atoms. The van der Waals surface area contributed by atoms with Gasteiger partial charge in [-0.25, -0.2) is 0 Å². The minimum Gasteiger partial charge on any atom is -0.445 e. The van der Waals surface area contributed by atoms with E-state index in [9.17, 15) is 8.42 Å². The molecule has 5 nitrogen and oxygen atoms in total. The molecule has 0 radical (unpaired) electrons. The number of hydrogen-bond acceptors (Lipinski definition) is 4. The van der Waals surface area contributed by atoms with Gasteiger partial charge in [0.1, 0.15) is 12.4 Å². The van der Waals surface area contributed by atoms with Crippen LogP contribution in [0.5, 0.6) is 0 Å². The molecule has 0 saturated heterocycles. The first-order valence-corrected chi connectivity index (χ1v) is 7.82. The molecule has 0 amide bonds. The van der Waals surface area contributed by atoms with Crippen LogP contribution in [0.4, 0.5) is 5.69 Å². The lowest BCUT2D eigenvalue weighted by Crippen LogP contribution is -2.12. The average Bonchev–Trinajstić information content (AvgIpc) is 2.83. The fourth-order valence-corrected chi connectivity index (χ4v) is 3.49. The third kappa shape index (κ3) is 3.21. The molecule has 9 heteroatoms. The molecule has 0 aliphatic carbocycles. The Morgan fingerprint density at radius 3 is 2.25 bits per heavy atom. The third-order valence-corrected chi connectivity index (χ3v) is 4.34. The van der Waals surface area contributed by atoms with E-state index in [-0.39, 0.29) is 31.6 Å².